The molecule has 0 bridgehead atoms. The van der Waals surface area contributed by atoms with Crippen molar-refractivity contribution in [3.05, 3.63) is 22.3 Å². The van der Waals surface area contributed by atoms with E-state index in [0.29, 0.717) is 19.0 Å². The van der Waals surface area contributed by atoms with Crippen molar-refractivity contribution in [1.82, 2.24) is 10.2 Å². The molecule has 1 aromatic heterocycles. The average Bonchev–Trinajstić information content (AvgIpc) is 2.71. The van der Waals surface area contributed by atoms with Gasteiger partial charge in [-0.3, -0.25) is 5.10 Å². The fourth-order valence-electron chi connectivity index (χ4n) is 2.62. The summed E-state index contributed by atoms with van der Waals surface area (Å²) >= 11 is 3.58. The summed E-state index contributed by atoms with van der Waals surface area (Å²) in [4.78, 5) is 0. The molecule has 2 aromatic rings. The molecule has 0 spiro atoms. The summed E-state index contributed by atoms with van der Waals surface area (Å²) in [7, 11) is 0. The second kappa shape index (κ2) is 5.60. The summed E-state index contributed by atoms with van der Waals surface area (Å²) in [5.74, 6) is 2.42. The molecule has 1 aliphatic rings. The Labute approximate surface area is 132 Å². The monoisotopic (exact) mass is 351 g/mol. The highest BCUT2D eigenvalue weighted by Crippen LogP contribution is 2.48. The van der Waals surface area contributed by atoms with Gasteiger partial charge >= 0.3 is 0 Å². The first-order valence-corrected chi connectivity index (χ1v) is 7.80. The lowest BCUT2D eigenvalue weighted by Gasteiger charge is -2.20. The van der Waals surface area contributed by atoms with Gasteiger partial charge in [-0.15, -0.1) is 0 Å². The third kappa shape index (κ3) is 2.48. The average molecular weight is 352 g/mol. The summed E-state index contributed by atoms with van der Waals surface area (Å²) in [6, 6.07) is 2.03. The van der Waals surface area contributed by atoms with Crippen molar-refractivity contribution in [3.63, 3.8) is 0 Å². The summed E-state index contributed by atoms with van der Waals surface area (Å²) in [5.41, 5.74) is 9.00. The minimum absolute atomic E-state index is 0.276. The molecule has 0 radical (unpaired) electrons. The van der Waals surface area contributed by atoms with E-state index in [9.17, 15) is 0 Å². The number of H-pyrrole nitrogens is 1. The van der Waals surface area contributed by atoms with Gasteiger partial charge in [-0.05, 0) is 33.5 Å². The van der Waals surface area contributed by atoms with Crippen molar-refractivity contribution in [3.8, 4) is 22.6 Å². The molecule has 1 aromatic carbocycles. The van der Waals surface area contributed by atoms with Crippen molar-refractivity contribution in [1.29, 1.82) is 0 Å². The lowest BCUT2D eigenvalue weighted by Crippen LogP contribution is -2.02. The predicted molar refractivity (Wildman–Crippen MR) is 85.8 cm³/mol. The number of aromatic amines is 1. The van der Waals surface area contributed by atoms with Crippen LogP contribution in [0.4, 0.5) is 5.82 Å². The van der Waals surface area contributed by atoms with E-state index in [1.165, 1.54) is 0 Å². The van der Waals surface area contributed by atoms with Gasteiger partial charge in [-0.1, -0.05) is 13.8 Å². The van der Waals surface area contributed by atoms with Gasteiger partial charge in [0.1, 0.15) is 5.82 Å². The number of nitrogens with zero attached hydrogens (tertiary/aromatic N) is 1. The highest BCUT2D eigenvalue weighted by molar-refractivity contribution is 9.10. The van der Waals surface area contributed by atoms with Gasteiger partial charge in [0.05, 0.1) is 23.9 Å². The lowest BCUT2D eigenvalue weighted by atomic mass is 9.92. The Morgan fingerprint density at radius 3 is 2.57 bits per heavy atom. The minimum atomic E-state index is 0.276. The fourth-order valence-corrected chi connectivity index (χ4v) is 3.14. The number of fused-ring (bicyclic) bond motifs is 1. The largest absolute Gasteiger partial charge is 0.489 e. The van der Waals surface area contributed by atoms with Crippen LogP contribution in [0.25, 0.3) is 11.1 Å². The van der Waals surface area contributed by atoms with E-state index < -0.39 is 0 Å². The van der Waals surface area contributed by atoms with E-state index in [0.717, 1.165) is 39.1 Å². The Bertz CT molecular complexity index is 667. The number of nitrogen functional groups attached to an aromatic ring is 1. The van der Waals surface area contributed by atoms with E-state index in [4.69, 9.17) is 15.2 Å². The van der Waals surface area contributed by atoms with Crippen LogP contribution >= 0.6 is 15.9 Å². The molecule has 0 amide bonds. The number of benzene rings is 1. The van der Waals surface area contributed by atoms with Gasteiger partial charge < -0.3 is 15.2 Å². The van der Waals surface area contributed by atoms with Gasteiger partial charge in [0.2, 0.25) is 0 Å². The number of halogens is 1. The van der Waals surface area contributed by atoms with Crippen LogP contribution in [-0.4, -0.2) is 23.4 Å². The van der Waals surface area contributed by atoms with E-state index in [-0.39, 0.29) is 5.92 Å². The number of anilines is 1. The first kappa shape index (κ1) is 14.3. The molecule has 0 atom stereocenters. The van der Waals surface area contributed by atoms with E-state index >= 15 is 0 Å². The van der Waals surface area contributed by atoms with E-state index in [1.54, 1.807) is 6.20 Å². The molecule has 6 heteroatoms. The maximum Gasteiger partial charge on any atom is 0.175 e. The Morgan fingerprint density at radius 2 is 1.95 bits per heavy atom. The van der Waals surface area contributed by atoms with E-state index in [2.05, 4.69) is 40.0 Å². The highest BCUT2D eigenvalue weighted by atomic mass is 79.9. The van der Waals surface area contributed by atoms with Crippen LogP contribution in [0.15, 0.2) is 16.7 Å². The zero-order chi connectivity index (χ0) is 15.0. The first-order chi connectivity index (χ1) is 10.1. The number of ether oxygens (including phenoxy) is 2. The van der Waals surface area contributed by atoms with Gasteiger partial charge in [0.15, 0.2) is 11.5 Å². The molecule has 0 unspecified atom stereocenters. The molecule has 3 N–H and O–H groups in total. The standard InChI is InChI=1S/C15H18BrN3O2/c1-8(2)12-9(10-7-18-19-15(10)17)6-11(16)13-14(12)21-5-3-4-20-13/h6-8H,3-5H2,1-2H3,(H3,17,18,19). The molecule has 3 rings (SSSR count). The van der Waals surface area contributed by atoms with Crippen LogP contribution in [-0.2, 0) is 0 Å². The van der Waals surface area contributed by atoms with Crippen molar-refractivity contribution >= 4 is 21.7 Å². The molecule has 2 heterocycles. The van der Waals surface area contributed by atoms with Crippen LogP contribution in [0.3, 0.4) is 0 Å². The van der Waals surface area contributed by atoms with Gasteiger partial charge in [0, 0.05) is 17.5 Å². The number of aromatic nitrogens is 2. The molecule has 1 aliphatic heterocycles. The zero-order valence-corrected chi connectivity index (χ0v) is 13.7. The third-order valence-electron chi connectivity index (χ3n) is 3.55. The second-order valence-electron chi connectivity index (χ2n) is 5.38. The van der Waals surface area contributed by atoms with Crippen LogP contribution in [0.5, 0.6) is 11.5 Å². The number of hydrogen-bond acceptors (Lipinski definition) is 4. The van der Waals surface area contributed by atoms with Crippen molar-refractivity contribution in [2.24, 2.45) is 0 Å². The minimum Gasteiger partial charge on any atom is -0.489 e. The molecule has 5 nitrogen and oxygen atoms in total. The number of nitrogens with two attached hydrogens (primary N) is 1. The molecule has 21 heavy (non-hydrogen) atoms. The number of rotatable bonds is 2. The summed E-state index contributed by atoms with van der Waals surface area (Å²) in [6.45, 7) is 5.59. The van der Waals surface area contributed by atoms with Gasteiger partial charge in [0.25, 0.3) is 0 Å². The van der Waals surface area contributed by atoms with Crippen molar-refractivity contribution in [2.45, 2.75) is 26.2 Å². The zero-order valence-electron chi connectivity index (χ0n) is 12.1. The molecule has 0 saturated carbocycles. The molecular weight excluding hydrogens is 334 g/mol. The lowest BCUT2D eigenvalue weighted by molar-refractivity contribution is 0.295. The summed E-state index contributed by atoms with van der Waals surface area (Å²) in [5, 5.41) is 6.81. The Kier molecular flexibility index (Phi) is 3.80. The SMILES string of the molecule is CC(C)c1c(-c2cn[nH]c2N)cc(Br)c2c1OCCCO2. The van der Waals surface area contributed by atoms with Crippen LogP contribution in [0.2, 0.25) is 0 Å². The number of nitrogens with one attached hydrogen (secondary N) is 1. The van der Waals surface area contributed by atoms with Crippen molar-refractivity contribution < 1.29 is 9.47 Å². The Balaban J connectivity index is 2.28. The van der Waals surface area contributed by atoms with Crippen LogP contribution in [0.1, 0.15) is 31.7 Å². The first-order valence-electron chi connectivity index (χ1n) is 7.00. The normalized spacial score (nSPS) is 14.3. The quantitative estimate of drug-likeness (QED) is 0.864. The maximum atomic E-state index is 5.99. The molecule has 0 aliphatic carbocycles. The molecular formula is C15H18BrN3O2. The van der Waals surface area contributed by atoms with Crippen molar-refractivity contribution in [2.75, 3.05) is 18.9 Å². The second-order valence-corrected chi connectivity index (χ2v) is 6.23. The van der Waals surface area contributed by atoms with E-state index in [1.807, 2.05) is 6.07 Å². The Morgan fingerprint density at radius 1 is 1.24 bits per heavy atom. The molecule has 112 valence electrons. The van der Waals surface area contributed by atoms with Crippen LogP contribution < -0.4 is 15.2 Å². The Hall–Kier alpha value is -1.69. The summed E-state index contributed by atoms with van der Waals surface area (Å²) < 4.78 is 12.7. The molecule has 0 fully saturated rings. The smallest absolute Gasteiger partial charge is 0.175 e. The fraction of sp³-hybridized carbons (Fsp3) is 0.400. The topological polar surface area (TPSA) is 73.2 Å². The summed E-state index contributed by atoms with van der Waals surface area (Å²) in [6.07, 6.45) is 2.62. The van der Waals surface area contributed by atoms with Gasteiger partial charge in [-0.2, -0.15) is 5.10 Å². The maximum absolute atomic E-state index is 5.99. The number of hydrogen-bond donors (Lipinski definition) is 2. The highest BCUT2D eigenvalue weighted by Gasteiger charge is 2.25. The van der Waals surface area contributed by atoms with Crippen LogP contribution in [0, 0.1) is 0 Å². The molecule has 0 saturated heterocycles. The predicted octanol–water partition coefficient (Wildman–Crippen LogP) is 3.71. The third-order valence-corrected chi connectivity index (χ3v) is 4.14. The van der Waals surface area contributed by atoms with Gasteiger partial charge in [-0.25, -0.2) is 0 Å².